The Hall–Kier alpha value is 0.00338. The second-order valence-corrected chi connectivity index (χ2v) is 0.0833. The molecule has 0 unspecified atom stereocenters. The maximum atomic E-state index is 8.12. The summed E-state index contributed by atoms with van der Waals surface area (Å²) < 4.78 is 0. The van der Waals surface area contributed by atoms with E-state index in [2.05, 4.69) is 0 Å². The van der Waals surface area contributed by atoms with Gasteiger partial charge in [0.2, 0.25) is 0 Å². The molecule has 32 valence electrons. The van der Waals surface area contributed by atoms with Gasteiger partial charge in [-0.2, -0.15) is 9.59 Å². The van der Waals surface area contributed by atoms with E-state index in [1.54, 1.807) is 0 Å². The van der Waals surface area contributed by atoms with Crippen molar-refractivity contribution in [3.05, 3.63) is 0 Å². The van der Waals surface area contributed by atoms with Crippen molar-refractivity contribution in [2.45, 2.75) is 7.43 Å². The first kappa shape index (κ1) is 20.0. The summed E-state index contributed by atoms with van der Waals surface area (Å²) in [4.78, 5) is 16.2. The molecule has 0 rings (SSSR count). The van der Waals surface area contributed by atoms with Crippen molar-refractivity contribution < 1.29 is 29.1 Å². The van der Waals surface area contributed by atoms with Crippen LogP contribution >= 0.6 is 0 Å². The largest absolute Gasteiger partial charge is 0.373 e. The number of carbonyl (C=O) groups excluding carboxylic acids is 2. The minimum absolute atomic E-state index is 0. The third kappa shape index (κ3) is 1410000. The minimum Gasteiger partial charge on any atom is -0.186 e. The second-order valence-electron chi connectivity index (χ2n) is 0.0833. The number of rotatable bonds is 0. The summed E-state index contributed by atoms with van der Waals surface area (Å²) in [5, 5.41) is 0. The first-order chi connectivity index (χ1) is 1.41. The van der Waals surface area contributed by atoms with Crippen LogP contribution in [0.15, 0.2) is 0 Å². The smallest absolute Gasteiger partial charge is 0.186 e. The minimum atomic E-state index is 0. The molecule has 3 heteroatoms. The molecule has 0 aliphatic rings. The fourth-order valence-corrected chi connectivity index (χ4v) is 0. The molecule has 0 atom stereocenters. The molecule has 0 aromatic heterocycles. The molecular formula is C2H4O2Ru. The van der Waals surface area contributed by atoms with E-state index >= 15 is 0 Å². The van der Waals surface area contributed by atoms with Crippen molar-refractivity contribution >= 4 is 6.15 Å². The Kier molecular flexibility index (Phi) is 143. The Morgan fingerprint density at radius 1 is 1.20 bits per heavy atom. The van der Waals surface area contributed by atoms with Gasteiger partial charge in [0.15, 0.2) is 0 Å². The van der Waals surface area contributed by atoms with Gasteiger partial charge in [0, 0.05) is 19.5 Å². The van der Waals surface area contributed by atoms with Crippen molar-refractivity contribution in [1.29, 1.82) is 0 Å². The topological polar surface area (TPSA) is 34.1 Å². The van der Waals surface area contributed by atoms with E-state index in [1.807, 2.05) is 0 Å². The fraction of sp³-hybridized carbons (Fsp3) is 0.500. The predicted molar refractivity (Wildman–Crippen MR) is 11.7 cm³/mol. The van der Waals surface area contributed by atoms with Crippen LogP contribution in [0.4, 0.5) is 0 Å². The molecule has 0 aliphatic carbocycles. The monoisotopic (exact) mass is 162 g/mol. The molecule has 0 radical (unpaired) electrons. The van der Waals surface area contributed by atoms with Gasteiger partial charge in [-0.15, -0.1) is 0 Å². The van der Waals surface area contributed by atoms with Gasteiger partial charge in [-0.3, -0.25) is 0 Å². The van der Waals surface area contributed by atoms with Gasteiger partial charge in [0.25, 0.3) is 0 Å². The molecule has 0 heterocycles. The molecule has 0 aliphatic heterocycles. The van der Waals surface area contributed by atoms with Crippen molar-refractivity contribution in [3.63, 3.8) is 0 Å². The van der Waals surface area contributed by atoms with Crippen LogP contribution in [0, 0.1) is 0 Å². The molecule has 0 saturated carbocycles. The standard InChI is InChI=1S/CO2.CH4.Ru/c2-1-3;;/h;1H4;. The molecule has 0 amide bonds. The Morgan fingerprint density at radius 2 is 1.20 bits per heavy atom. The van der Waals surface area contributed by atoms with Crippen LogP contribution < -0.4 is 0 Å². The van der Waals surface area contributed by atoms with Crippen LogP contribution in [0.5, 0.6) is 0 Å². The van der Waals surface area contributed by atoms with E-state index in [4.69, 9.17) is 9.59 Å². The zero-order valence-corrected chi connectivity index (χ0v) is 3.41. The first-order valence-electron chi connectivity index (χ1n) is 0.408. The maximum Gasteiger partial charge on any atom is 0.373 e. The predicted octanol–water partition coefficient (Wildman–Crippen LogP) is 0.0501. The maximum absolute atomic E-state index is 8.12. The molecule has 0 aromatic rings. The van der Waals surface area contributed by atoms with Crippen LogP contribution in [0.1, 0.15) is 7.43 Å². The van der Waals surface area contributed by atoms with Gasteiger partial charge in [-0.05, 0) is 0 Å². The Morgan fingerprint density at radius 3 is 1.20 bits per heavy atom. The molecule has 0 N–H and O–H groups in total. The Bertz CT molecular complexity index is 28.6. The van der Waals surface area contributed by atoms with Crippen molar-refractivity contribution in [2.24, 2.45) is 0 Å². The van der Waals surface area contributed by atoms with E-state index in [0.29, 0.717) is 0 Å². The first-order valence-corrected chi connectivity index (χ1v) is 0.408. The van der Waals surface area contributed by atoms with E-state index in [1.165, 1.54) is 0 Å². The van der Waals surface area contributed by atoms with Crippen LogP contribution in [0.3, 0.4) is 0 Å². The number of hydrogen-bond donors (Lipinski definition) is 0. The average Bonchev–Trinajstić information content (AvgIpc) is 0.918. The average molecular weight is 161 g/mol. The van der Waals surface area contributed by atoms with E-state index in [9.17, 15) is 0 Å². The second kappa shape index (κ2) is 35.9. The molecule has 0 spiro atoms. The van der Waals surface area contributed by atoms with E-state index < -0.39 is 0 Å². The van der Waals surface area contributed by atoms with Gasteiger partial charge in [0.05, 0.1) is 0 Å². The summed E-state index contributed by atoms with van der Waals surface area (Å²) in [6, 6.07) is 0. The van der Waals surface area contributed by atoms with Gasteiger partial charge < -0.3 is 0 Å². The molecule has 5 heavy (non-hydrogen) atoms. The Labute approximate surface area is 43.3 Å². The summed E-state index contributed by atoms with van der Waals surface area (Å²) in [7, 11) is 0. The molecule has 2 nitrogen and oxygen atoms in total. The summed E-state index contributed by atoms with van der Waals surface area (Å²) >= 11 is 0. The summed E-state index contributed by atoms with van der Waals surface area (Å²) in [6.07, 6.45) is 0.250. The van der Waals surface area contributed by atoms with Gasteiger partial charge >= 0.3 is 6.15 Å². The summed E-state index contributed by atoms with van der Waals surface area (Å²) in [6.45, 7) is 0. The normalized spacial score (nSPS) is 1.60. The van der Waals surface area contributed by atoms with Crippen molar-refractivity contribution in [1.82, 2.24) is 0 Å². The van der Waals surface area contributed by atoms with E-state index in [0.717, 1.165) is 0 Å². The van der Waals surface area contributed by atoms with Gasteiger partial charge in [0.1, 0.15) is 0 Å². The van der Waals surface area contributed by atoms with Crippen molar-refractivity contribution in [3.8, 4) is 0 Å². The van der Waals surface area contributed by atoms with E-state index in [-0.39, 0.29) is 33.1 Å². The van der Waals surface area contributed by atoms with Crippen LogP contribution in [0.2, 0.25) is 0 Å². The van der Waals surface area contributed by atoms with Crippen molar-refractivity contribution in [2.75, 3.05) is 0 Å². The van der Waals surface area contributed by atoms with Crippen LogP contribution in [-0.2, 0) is 29.1 Å². The summed E-state index contributed by atoms with van der Waals surface area (Å²) in [5.74, 6) is 0. The zero-order valence-electron chi connectivity index (χ0n) is 1.67. The quantitative estimate of drug-likeness (QED) is 0.470. The fourth-order valence-electron chi connectivity index (χ4n) is 0. The van der Waals surface area contributed by atoms with Crippen LogP contribution in [-0.4, -0.2) is 6.15 Å². The van der Waals surface area contributed by atoms with Gasteiger partial charge in [-0.25, -0.2) is 0 Å². The molecule has 0 saturated heterocycles. The molecule has 0 bridgehead atoms. The Balaban J connectivity index is -0.0000000200. The molecule has 0 aromatic carbocycles. The molecular weight excluding hydrogens is 157 g/mol. The number of hydrogen-bond acceptors (Lipinski definition) is 2. The van der Waals surface area contributed by atoms with Gasteiger partial charge in [-0.1, -0.05) is 7.43 Å². The molecule has 0 fully saturated rings. The zero-order chi connectivity index (χ0) is 2.71. The SMILES string of the molecule is C.O=C=O.[Ru]. The van der Waals surface area contributed by atoms with Crippen LogP contribution in [0.25, 0.3) is 0 Å². The third-order valence-corrected chi connectivity index (χ3v) is 0. The third-order valence-electron chi connectivity index (χ3n) is 0. The summed E-state index contributed by atoms with van der Waals surface area (Å²) in [5.41, 5.74) is 0.